The number of nitrogens with zero attached hydrogens (tertiary/aromatic N) is 1. The van der Waals surface area contributed by atoms with Gasteiger partial charge in [0, 0.05) is 17.6 Å². The van der Waals surface area contributed by atoms with E-state index in [1.54, 1.807) is 22.5 Å². The van der Waals surface area contributed by atoms with Crippen LogP contribution < -0.4 is 0 Å². The molecule has 1 aliphatic rings. The van der Waals surface area contributed by atoms with Crippen molar-refractivity contribution >= 4 is 26.0 Å². The van der Waals surface area contributed by atoms with Gasteiger partial charge in [0.1, 0.15) is 0 Å². The molecule has 2 rings (SSSR count). The lowest BCUT2D eigenvalue weighted by atomic mass is 9.98. The van der Waals surface area contributed by atoms with Crippen molar-refractivity contribution in [2.24, 2.45) is 5.92 Å². The monoisotopic (exact) mass is 375 g/mol. The zero-order chi connectivity index (χ0) is 15.5. The van der Waals surface area contributed by atoms with Crippen LogP contribution in [-0.4, -0.2) is 30.9 Å². The molecule has 118 valence electrons. The normalized spacial score (nSPS) is 21.2. The summed E-state index contributed by atoms with van der Waals surface area (Å²) in [6.45, 7) is 3.16. The van der Waals surface area contributed by atoms with Gasteiger partial charge in [0.05, 0.1) is 11.5 Å². The molecule has 1 aliphatic heterocycles. The molecule has 1 N–H and O–H groups in total. The summed E-state index contributed by atoms with van der Waals surface area (Å²) in [4.78, 5) is 0.254. The van der Waals surface area contributed by atoms with Gasteiger partial charge >= 0.3 is 0 Å². The van der Waals surface area contributed by atoms with Crippen molar-refractivity contribution < 1.29 is 13.5 Å². The maximum atomic E-state index is 12.8. The third kappa shape index (κ3) is 3.86. The van der Waals surface area contributed by atoms with E-state index in [-0.39, 0.29) is 11.5 Å². The van der Waals surface area contributed by atoms with Gasteiger partial charge in [0.15, 0.2) is 0 Å². The van der Waals surface area contributed by atoms with Crippen molar-refractivity contribution in [2.45, 2.75) is 44.1 Å². The molecule has 0 radical (unpaired) electrons. The molecule has 6 heteroatoms. The van der Waals surface area contributed by atoms with E-state index in [0.29, 0.717) is 29.0 Å². The minimum Gasteiger partial charge on any atom is -0.392 e. The highest BCUT2D eigenvalue weighted by Gasteiger charge is 2.28. The van der Waals surface area contributed by atoms with E-state index in [1.165, 1.54) is 0 Å². The molecule has 1 aromatic rings. The molecule has 0 aliphatic carbocycles. The highest BCUT2D eigenvalue weighted by atomic mass is 79.9. The molecule has 1 saturated heterocycles. The lowest BCUT2D eigenvalue weighted by Crippen LogP contribution is -2.32. The lowest BCUT2D eigenvalue weighted by Gasteiger charge is -2.21. The van der Waals surface area contributed by atoms with Gasteiger partial charge < -0.3 is 5.11 Å². The van der Waals surface area contributed by atoms with E-state index in [4.69, 9.17) is 0 Å². The number of aliphatic hydroxyl groups is 1. The van der Waals surface area contributed by atoms with Crippen molar-refractivity contribution in [3.63, 3.8) is 0 Å². The second-order valence-corrected chi connectivity index (χ2v) is 8.29. The van der Waals surface area contributed by atoms with Gasteiger partial charge in [-0.1, -0.05) is 19.4 Å². The zero-order valence-corrected chi connectivity index (χ0v) is 14.7. The van der Waals surface area contributed by atoms with Gasteiger partial charge in [-0.05, 0) is 58.8 Å². The van der Waals surface area contributed by atoms with Gasteiger partial charge in [0.25, 0.3) is 0 Å². The lowest BCUT2D eigenvalue weighted by molar-refractivity contribution is 0.281. The number of aliphatic hydroxyl groups excluding tert-OH is 1. The Morgan fingerprint density at radius 1 is 1.33 bits per heavy atom. The maximum absolute atomic E-state index is 12.8. The average molecular weight is 376 g/mol. The number of rotatable bonds is 4. The van der Waals surface area contributed by atoms with Crippen molar-refractivity contribution in [3.8, 4) is 0 Å². The molecule has 1 unspecified atom stereocenters. The number of halogens is 1. The average Bonchev–Trinajstić information content (AvgIpc) is 2.73. The van der Waals surface area contributed by atoms with Gasteiger partial charge in [0.2, 0.25) is 10.0 Å². The van der Waals surface area contributed by atoms with Crippen LogP contribution in [0, 0.1) is 5.92 Å². The van der Waals surface area contributed by atoms with Crippen molar-refractivity contribution in [1.82, 2.24) is 4.31 Å². The quantitative estimate of drug-likeness (QED) is 0.878. The Kier molecular flexibility index (Phi) is 5.82. The predicted octanol–water partition coefficient (Wildman–Crippen LogP) is 3.14. The molecule has 1 atom stereocenters. The van der Waals surface area contributed by atoms with Gasteiger partial charge in [-0.15, -0.1) is 0 Å². The topological polar surface area (TPSA) is 57.6 Å². The Morgan fingerprint density at radius 3 is 2.76 bits per heavy atom. The Bertz CT molecular complexity index is 589. The van der Waals surface area contributed by atoms with E-state index in [9.17, 15) is 13.5 Å². The molecule has 0 bridgehead atoms. The van der Waals surface area contributed by atoms with Crippen LogP contribution >= 0.6 is 15.9 Å². The highest BCUT2D eigenvalue weighted by Crippen LogP contribution is 2.29. The fourth-order valence-electron chi connectivity index (χ4n) is 2.77. The fourth-order valence-corrected chi connectivity index (χ4v) is 5.24. The Morgan fingerprint density at radius 2 is 2.10 bits per heavy atom. The Hall–Kier alpha value is -0.430. The van der Waals surface area contributed by atoms with Crippen LogP contribution in [0.15, 0.2) is 27.6 Å². The van der Waals surface area contributed by atoms with Crippen LogP contribution in [0.2, 0.25) is 0 Å². The van der Waals surface area contributed by atoms with E-state index in [1.807, 2.05) is 0 Å². The largest absolute Gasteiger partial charge is 0.392 e. The van der Waals surface area contributed by atoms with Crippen molar-refractivity contribution in [2.75, 3.05) is 13.1 Å². The van der Waals surface area contributed by atoms with E-state index < -0.39 is 10.0 Å². The molecule has 0 aromatic heterocycles. The molecule has 0 spiro atoms. The maximum Gasteiger partial charge on any atom is 0.244 e. The number of sulfonamides is 1. The third-order valence-corrected chi connectivity index (χ3v) is 7.07. The summed E-state index contributed by atoms with van der Waals surface area (Å²) in [5, 5.41) is 9.22. The van der Waals surface area contributed by atoms with Crippen molar-refractivity contribution in [1.29, 1.82) is 0 Å². The number of hydrogen-bond acceptors (Lipinski definition) is 3. The molecule has 0 amide bonds. The van der Waals surface area contributed by atoms with Gasteiger partial charge in [-0.25, -0.2) is 8.42 Å². The van der Waals surface area contributed by atoms with Crippen LogP contribution in [0.25, 0.3) is 0 Å². The Balaban J connectivity index is 2.29. The SMILES string of the molecule is CCC1CCCN(S(=O)(=O)c2cc(CO)ccc2Br)CC1. The first kappa shape index (κ1) is 16.9. The minimum atomic E-state index is -3.50. The first-order valence-corrected chi connectivity index (χ1v) is 9.61. The summed E-state index contributed by atoms with van der Waals surface area (Å²) in [5.74, 6) is 0.623. The minimum absolute atomic E-state index is 0.159. The van der Waals surface area contributed by atoms with E-state index in [2.05, 4.69) is 22.9 Å². The zero-order valence-electron chi connectivity index (χ0n) is 12.3. The number of hydrogen-bond donors (Lipinski definition) is 1. The van der Waals surface area contributed by atoms with Crippen LogP contribution in [0.5, 0.6) is 0 Å². The molecule has 1 fully saturated rings. The summed E-state index contributed by atoms with van der Waals surface area (Å²) in [5.41, 5.74) is 0.609. The number of benzene rings is 1. The smallest absolute Gasteiger partial charge is 0.244 e. The third-order valence-electron chi connectivity index (χ3n) is 4.18. The summed E-state index contributed by atoms with van der Waals surface area (Å²) in [6, 6.07) is 4.96. The van der Waals surface area contributed by atoms with Crippen LogP contribution in [0.4, 0.5) is 0 Å². The van der Waals surface area contributed by atoms with Crippen LogP contribution in [0.1, 0.15) is 38.2 Å². The molecule has 21 heavy (non-hydrogen) atoms. The molecular formula is C15H22BrNO3S. The summed E-state index contributed by atoms with van der Waals surface area (Å²) in [6.07, 6.45) is 4.04. The molecule has 1 heterocycles. The summed E-state index contributed by atoms with van der Waals surface area (Å²) < 4.78 is 27.8. The summed E-state index contributed by atoms with van der Waals surface area (Å²) >= 11 is 3.32. The van der Waals surface area contributed by atoms with E-state index in [0.717, 1.165) is 25.7 Å². The van der Waals surface area contributed by atoms with Crippen molar-refractivity contribution in [3.05, 3.63) is 28.2 Å². The van der Waals surface area contributed by atoms with E-state index >= 15 is 0 Å². The predicted molar refractivity (Wildman–Crippen MR) is 86.5 cm³/mol. The second-order valence-electron chi connectivity index (χ2n) is 5.53. The fraction of sp³-hybridized carbons (Fsp3) is 0.600. The Labute approximate surface area is 135 Å². The van der Waals surface area contributed by atoms with Crippen LogP contribution in [0.3, 0.4) is 0 Å². The van der Waals surface area contributed by atoms with Gasteiger partial charge in [-0.2, -0.15) is 4.31 Å². The second kappa shape index (κ2) is 7.22. The molecule has 4 nitrogen and oxygen atoms in total. The molecule has 1 aromatic carbocycles. The van der Waals surface area contributed by atoms with Crippen LogP contribution in [-0.2, 0) is 16.6 Å². The highest BCUT2D eigenvalue weighted by molar-refractivity contribution is 9.10. The molecular weight excluding hydrogens is 354 g/mol. The first-order chi connectivity index (χ1) is 9.98. The van der Waals surface area contributed by atoms with Gasteiger partial charge in [-0.3, -0.25) is 0 Å². The first-order valence-electron chi connectivity index (χ1n) is 7.38. The summed E-state index contributed by atoms with van der Waals surface area (Å²) in [7, 11) is -3.50. The standard InChI is InChI=1S/C15H22BrNO3S/c1-2-12-4-3-8-17(9-7-12)21(19,20)15-10-13(11-18)5-6-14(15)16/h5-6,10,12,18H,2-4,7-9,11H2,1H3. The molecule has 0 saturated carbocycles.